The number of likely N-dealkylation sites (tertiary alicyclic amines) is 1. The molecule has 1 atom stereocenters. The van der Waals surface area contributed by atoms with Crippen LogP contribution in [-0.4, -0.2) is 76.5 Å². The van der Waals surface area contributed by atoms with Gasteiger partial charge in [-0.05, 0) is 51.9 Å². The Bertz CT molecular complexity index is 524. The van der Waals surface area contributed by atoms with Gasteiger partial charge in [0.2, 0.25) is 0 Å². The highest BCUT2D eigenvalue weighted by atomic mass is 16.2. The highest BCUT2D eigenvalue weighted by molar-refractivity contribution is 5.91. The van der Waals surface area contributed by atoms with Crippen molar-refractivity contribution in [3.05, 3.63) is 11.9 Å². The number of amides is 1. The molecule has 0 radical (unpaired) electrons. The molecule has 1 N–H and O–H groups in total. The second-order valence-electron chi connectivity index (χ2n) is 6.68. The Morgan fingerprint density at radius 1 is 1.39 bits per heavy atom. The van der Waals surface area contributed by atoms with Gasteiger partial charge in [0.05, 0.1) is 12.2 Å². The van der Waals surface area contributed by atoms with Crippen LogP contribution in [0.1, 0.15) is 49.1 Å². The molecule has 2 aliphatic heterocycles. The number of likely N-dealkylation sites (N-methyl/N-ethyl adjacent to an activating group) is 2. The lowest BCUT2D eigenvalue weighted by molar-refractivity contribution is 0.0748. The zero-order chi connectivity index (χ0) is 16.2. The fourth-order valence-electron chi connectivity index (χ4n) is 3.74. The molecule has 1 aromatic heterocycles. The lowest BCUT2D eigenvalue weighted by Gasteiger charge is -2.27. The fraction of sp³-hybridized carbons (Fsp3) is 0.812. The van der Waals surface area contributed by atoms with E-state index in [1.165, 1.54) is 12.8 Å². The van der Waals surface area contributed by atoms with E-state index >= 15 is 0 Å². The molecule has 0 saturated carbocycles. The van der Waals surface area contributed by atoms with E-state index < -0.39 is 0 Å². The number of hydrogen-bond donors (Lipinski definition) is 1. The maximum absolute atomic E-state index is 12.6. The van der Waals surface area contributed by atoms with E-state index in [0.717, 1.165) is 45.6 Å². The Morgan fingerprint density at radius 2 is 2.17 bits per heavy atom. The molecule has 0 spiro atoms. The van der Waals surface area contributed by atoms with Gasteiger partial charge in [-0.3, -0.25) is 9.69 Å². The van der Waals surface area contributed by atoms with Crippen molar-refractivity contribution in [3.8, 4) is 0 Å². The van der Waals surface area contributed by atoms with Crippen LogP contribution in [0.2, 0.25) is 0 Å². The third kappa shape index (κ3) is 3.72. The van der Waals surface area contributed by atoms with Crippen LogP contribution in [0.15, 0.2) is 6.20 Å². The first-order chi connectivity index (χ1) is 11.2. The summed E-state index contributed by atoms with van der Waals surface area (Å²) >= 11 is 0. The summed E-state index contributed by atoms with van der Waals surface area (Å²) in [7, 11) is 1.87. The fourth-order valence-corrected chi connectivity index (χ4v) is 3.74. The number of aromatic nitrogens is 3. The van der Waals surface area contributed by atoms with E-state index in [1.807, 2.05) is 17.9 Å². The number of piperidine rings is 1. The Kier molecular flexibility index (Phi) is 5.27. The molecule has 0 bridgehead atoms. The van der Waals surface area contributed by atoms with Gasteiger partial charge in [0.15, 0.2) is 5.69 Å². The molecule has 0 aromatic carbocycles. The average Bonchev–Trinajstić information content (AvgIpc) is 3.24. The quantitative estimate of drug-likeness (QED) is 0.867. The first kappa shape index (κ1) is 16.4. The van der Waals surface area contributed by atoms with Crippen molar-refractivity contribution in [3.63, 3.8) is 0 Å². The predicted molar refractivity (Wildman–Crippen MR) is 88.4 cm³/mol. The summed E-state index contributed by atoms with van der Waals surface area (Å²) in [6.45, 7) is 7.16. The minimum absolute atomic E-state index is 0.0202. The monoisotopic (exact) mass is 320 g/mol. The third-order valence-corrected chi connectivity index (χ3v) is 5.15. The van der Waals surface area contributed by atoms with E-state index in [9.17, 15) is 4.79 Å². The van der Waals surface area contributed by atoms with Crippen molar-refractivity contribution < 1.29 is 4.79 Å². The van der Waals surface area contributed by atoms with Crippen molar-refractivity contribution in [1.29, 1.82) is 0 Å². The summed E-state index contributed by atoms with van der Waals surface area (Å²) < 4.78 is 1.87. The zero-order valence-corrected chi connectivity index (χ0v) is 14.2. The van der Waals surface area contributed by atoms with E-state index in [-0.39, 0.29) is 5.91 Å². The molecule has 1 aromatic rings. The minimum Gasteiger partial charge on any atom is -0.339 e. The van der Waals surface area contributed by atoms with Gasteiger partial charge in [-0.15, -0.1) is 5.10 Å². The number of nitrogens with one attached hydrogen (secondary N) is 1. The molecule has 0 aliphatic carbocycles. The molecule has 0 unspecified atom stereocenters. The number of rotatable bonds is 5. The Labute approximate surface area is 138 Å². The highest BCUT2D eigenvalue weighted by Crippen LogP contribution is 2.19. The van der Waals surface area contributed by atoms with Gasteiger partial charge in [0.1, 0.15) is 0 Å². The normalized spacial score (nSPS) is 23.3. The molecule has 2 aliphatic rings. The second kappa shape index (κ2) is 7.40. The largest absolute Gasteiger partial charge is 0.339 e. The number of nitrogens with zero attached hydrogens (tertiary/aromatic N) is 5. The van der Waals surface area contributed by atoms with Gasteiger partial charge >= 0.3 is 0 Å². The molecule has 2 saturated heterocycles. The molecule has 128 valence electrons. The molecular weight excluding hydrogens is 292 g/mol. The Hall–Kier alpha value is -1.47. The molecule has 3 heterocycles. The molecule has 3 rings (SSSR count). The summed E-state index contributed by atoms with van der Waals surface area (Å²) in [5.74, 6) is -0.0202. The van der Waals surface area contributed by atoms with Crippen LogP contribution in [0.3, 0.4) is 0 Å². The number of carbonyl (C=O) groups excluding carboxylic acids is 1. The number of carbonyl (C=O) groups is 1. The molecule has 7 heteroatoms. The third-order valence-electron chi connectivity index (χ3n) is 5.15. The SMILES string of the molecule is CCN1CCC[C@@H]1CN(C)C(=O)c1cn(C2CCNCC2)nn1. The van der Waals surface area contributed by atoms with Crippen LogP contribution in [-0.2, 0) is 0 Å². The van der Waals surface area contributed by atoms with Gasteiger partial charge in [-0.2, -0.15) is 0 Å². The van der Waals surface area contributed by atoms with Crippen molar-refractivity contribution in [1.82, 2.24) is 30.1 Å². The van der Waals surface area contributed by atoms with Crippen LogP contribution in [0.25, 0.3) is 0 Å². The van der Waals surface area contributed by atoms with Crippen molar-refractivity contribution in [2.24, 2.45) is 0 Å². The average molecular weight is 320 g/mol. The number of hydrogen-bond acceptors (Lipinski definition) is 5. The van der Waals surface area contributed by atoms with Crippen LogP contribution < -0.4 is 5.32 Å². The smallest absolute Gasteiger partial charge is 0.275 e. The maximum Gasteiger partial charge on any atom is 0.275 e. The lowest BCUT2D eigenvalue weighted by Crippen LogP contribution is -2.41. The van der Waals surface area contributed by atoms with E-state index in [2.05, 4.69) is 27.5 Å². The van der Waals surface area contributed by atoms with Crippen LogP contribution >= 0.6 is 0 Å². The van der Waals surface area contributed by atoms with Crippen molar-refractivity contribution in [2.45, 2.75) is 44.7 Å². The van der Waals surface area contributed by atoms with Crippen LogP contribution in [0.4, 0.5) is 0 Å². The van der Waals surface area contributed by atoms with Gasteiger partial charge in [-0.25, -0.2) is 4.68 Å². The molecule has 23 heavy (non-hydrogen) atoms. The minimum atomic E-state index is -0.0202. The summed E-state index contributed by atoms with van der Waals surface area (Å²) in [6.07, 6.45) is 6.31. The first-order valence-electron chi connectivity index (χ1n) is 8.81. The standard InChI is InChI=1S/C16H28N6O/c1-3-21-10-4-5-14(21)11-20(2)16(23)15-12-22(19-18-15)13-6-8-17-9-7-13/h12-14,17H,3-11H2,1-2H3/t14-/m1/s1. The van der Waals surface area contributed by atoms with E-state index in [4.69, 9.17) is 0 Å². The molecule has 2 fully saturated rings. The summed E-state index contributed by atoms with van der Waals surface area (Å²) in [5.41, 5.74) is 0.465. The molecule has 1 amide bonds. The Balaban J connectivity index is 1.59. The van der Waals surface area contributed by atoms with Crippen molar-refractivity contribution >= 4 is 5.91 Å². The van der Waals surface area contributed by atoms with Gasteiger partial charge < -0.3 is 10.2 Å². The second-order valence-corrected chi connectivity index (χ2v) is 6.68. The predicted octanol–water partition coefficient (Wildman–Crippen LogP) is 0.759. The topological polar surface area (TPSA) is 66.3 Å². The van der Waals surface area contributed by atoms with E-state index in [0.29, 0.717) is 17.8 Å². The van der Waals surface area contributed by atoms with E-state index in [1.54, 1.807) is 4.90 Å². The first-order valence-corrected chi connectivity index (χ1v) is 8.81. The zero-order valence-electron chi connectivity index (χ0n) is 14.2. The van der Waals surface area contributed by atoms with Gasteiger partial charge in [0, 0.05) is 19.6 Å². The molecular formula is C16H28N6O. The van der Waals surface area contributed by atoms with Crippen LogP contribution in [0, 0.1) is 0 Å². The van der Waals surface area contributed by atoms with Crippen molar-refractivity contribution in [2.75, 3.05) is 39.8 Å². The lowest BCUT2D eigenvalue weighted by atomic mass is 10.1. The maximum atomic E-state index is 12.6. The van der Waals surface area contributed by atoms with Gasteiger partial charge in [-0.1, -0.05) is 12.1 Å². The Morgan fingerprint density at radius 3 is 2.91 bits per heavy atom. The highest BCUT2D eigenvalue weighted by Gasteiger charge is 2.27. The van der Waals surface area contributed by atoms with Gasteiger partial charge in [0.25, 0.3) is 5.91 Å². The summed E-state index contributed by atoms with van der Waals surface area (Å²) in [4.78, 5) is 16.9. The summed E-state index contributed by atoms with van der Waals surface area (Å²) in [5, 5.41) is 11.6. The summed E-state index contributed by atoms with van der Waals surface area (Å²) in [6, 6.07) is 0.842. The molecule has 7 nitrogen and oxygen atoms in total. The van der Waals surface area contributed by atoms with Crippen LogP contribution in [0.5, 0.6) is 0 Å².